The molecule has 0 bridgehead atoms. The SMILES string of the molecule is Cc1cccc(C)c1-n1c(C)cc(/C=N/NC(=O)CN2CCCCC2)c1C. The van der Waals surface area contributed by atoms with Crippen LogP contribution in [0.2, 0.25) is 0 Å². The Morgan fingerprint density at radius 1 is 1.11 bits per heavy atom. The lowest BCUT2D eigenvalue weighted by Crippen LogP contribution is -2.38. The molecule has 1 aliphatic heterocycles. The van der Waals surface area contributed by atoms with E-state index in [0.717, 1.165) is 30.0 Å². The van der Waals surface area contributed by atoms with Crippen molar-refractivity contribution in [2.24, 2.45) is 5.10 Å². The second kappa shape index (κ2) is 8.53. The van der Waals surface area contributed by atoms with Gasteiger partial charge in [-0.15, -0.1) is 0 Å². The van der Waals surface area contributed by atoms with Crippen LogP contribution in [0.4, 0.5) is 0 Å². The smallest absolute Gasteiger partial charge is 0.254 e. The first-order chi connectivity index (χ1) is 13.0. The van der Waals surface area contributed by atoms with Gasteiger partial charge in [0.05, 0.1) is 18.4 Å². The van der Waals surface area contributed by atoms with E-state index in [-0.39, 0.29) is 5.91 Å². The number of aryl methyl sites for hydroxylation is 3. The maximum Gasteiger partial charge on any atom is 0.254 e. The Bertz CT molecular complexity index is 824. The average molecular weight is 367 g/mol. The maximum absolute atomic E-state index is 12.1. The fraction of sp³-hybridized carbons (Fsp3) is 0.455. The van der Waals surface area contributed by atoms with Crippen molar-refractivity contribution in [2.75, 3.05) is 19.6 Å². The fourth-order valence-corrected chi connectivity index (χ4v) is 3.95. The number of para-hydroxylation sites is 1. The van der Waals surface area contributed by atoms with E-state index < -0.39 is 0 Å². The summed E-state index contributed by atoms with van der Waals surface area (Å²) in [6, 6.07) is 8.47. The van der Waals surface area contributed by atoms with Gasteiger partial charge in [0.15, 0.2) is 0 Å². The molecule has 5 heteroatoms. The number of nitrogens with one attached hydrogen (secondary N) is 1. The van der Waals surface area contributed by atoms with Crippen molar-refractivity contribution in [3.05, 3.63) is 52.3 Å². The Hall–Kier alpha value is -2.40. The minimum atomic E-state index is -0.0447. The second-order valence-electron chi connectivity index (χ2n) is 7.53. The summed E-state index contributed by atoms with van der Waals surface area (Å²) >= 11 is 0. The van der Waals surface area contributed by atoms with Crippen molar-refractivity contribution in [1.82, 2.24) is 14.9 Å². The van der Waals surface area contributed by atoms with Crippen molar-refractivity contribution in [3.63, 3.8) is 0 Å². The molecule has 0 aliphatic carbocycles. The molecule has 1 fully saturated rings. The molecule has 1 N–H and O–H groups in total. The minimum Gasteiger partial charge on any atom is -0.317 e. The molecule has 1 amide bonds. The van der Waals surface area contributed by atoms with E-state index in [2.05, 4.69) is 72.0 Å². The summed E-state index contributed by atoms with van der Waals surface area (Å²) in [5.41, 5.74) is 9.69. The van der Waals surface area contributed by atoms with Gasteiger partial charge in [0, 0.05) is 17.0 Å². The molecule has 0 spiro atoms. The topological polar surface area (TPSA) is 49.6 Å². The van der Waals surface area contributed by atoms with Gasteiger partial charge in [0.2, 0.25) is 0 Å². The van der Waals surface area contributed by atoms with Gasteiger partial charge in [-0.25, -0.2) is 5.43 Å². The quantitative estimate of drug-likeness (QED) is 0.649. The first-order valence-corrected chi connectivity index (χ1v) is 9.77. The third-order valence-electron chi connectivity index (χ3n) is 5.34. The lowest BCUT2D eigenvalue weighted by atomic mass is 10.1. The Labute approximate surface area is 162 Å². The van der Waals surface area contributed by atoms with Gasteiger partial charge in [-0.2, -0.15) is 5.10 Å². The molecular formula is C22H30N4O. The number of piperidine rings is 1. The summed E-state index contributed by atoms with van der Waals surface area (Å²) in [5.74, 6) is -0.0447. The Kier molecular flexibility index (Phi) is 6.11. The van der Waals surface area contributed by atoms with Gasteiger partial charge in [0.1, 0.15) is 0 Å². The monoisotopic (exact) mass is 366 g/mol. The van der Waals surface area contributed by atoms with Gasteiger partial charge >= 0.3 is 0 Å². The van der Waals surface area contributed by atoms with E-state index in [1.54, 1.807) is 6.21 Å². The normalized spacial score (nSPS) is 15.4. The molecule has 0 atom stereocenters. The van der Waals surface area contributed by atoms with Gasteiger partial charge in [-0.1, -0.05) is 24.6 Å². The maximum atomic E-state index is 12.1. The molecule has 27 heavy (non-hydrogen) atoms. The molecule has 1 saturated heterocycles. The number of hydrogen-bond donors (Lipinski definition) is 1. The van der Waals surface area contributed by atoms with Gasteiger partial charge < -0.3 is 4.57 Å². The number of hydrazone groups is 1. The molecular weight excluding hydrogens is 336 g/mol. The van der Waals surface area contributed by atoms with Crippen molar-refractivity contribution in [3.8, 4) is 5.69 Å². The van der Waals surface area contributed by atoms with Crippen molar-refractivity contribution >= 4 is 12.1 Å². The largest absolute Gasteiger partial charge is 0.317 e. The molecule has 0 saturated carbocycles. The van der Waals surface area contributed by atoms with E-state index >= 15 is 0 Å². The standard InChI is InChI=1S/C22H30N4O/c1-16-9-8-10-17(2)22(16)26-18(3)13-20(19(26)4)14-23-24-21(27)15-25-11-6-5-7-12-25/h8-10,13-14H,5-7,11-12,15H2,1-4H3,(H,24,27)/b23-14+. The molecule has 144 valence electrons. The number of likely N-dealkylation sites (tertiary alicyclic amines) is 1. The number of rotatable bonds is 5. The zero-order valence-corrected chi connectivity index (χ0v) is 16.9. The van der Waals surface area contributed by atoms with Crippen molar-refractivity contribution in [1.29, 1.82) is 0 Å². The summed E-state index contributed by atoms with van der Waals surface area (Å²) in [5, 5.41) is 4.20. The molecule has 0 unspecified atom stereocenters. The molecule has 1 aromatic carbocycles. The van der Waals surface area contributed by atoms with Crippen LogP contribution < -0.4 is 5.43 Å². The van der Waals surface area contributed by atoms with Gasteiger partial charge in [-0.3, -0.25) is 9.69 Å². The Morgan fingerprint density at radius 2 is 1.78 bits per heavy atom. The summed E-state index contributed by atoms with van der Waals surface area (Å²) in [6.45, 7) is 10.9. The van der Waals surface area contributed by atoms with Crippen LogP contribution in [-0.4, -0.2) is 41.2 Å². The summed E-state index contributed by atoms with van der Waals surface area (Å²) < 4.78 is 2.27. The fourth-order valence-electron chi connectivity index (χ4n) is 3.95. The van der Waals surface area contributed by atoms with E-state index in [1.165, 1.54) is 36.1 Å². The van der Waals surface area contributed by atoms with Crippen LogP contribution in [0.15, 0.2) is 29.4 Å². The van der Waals surface area contributed by atoms with Crippen LogP contribution in [0, 0.1) is 27.7 Å². The van der Waals surface area contributed by atoms with Crippen LogP contribution >= 0.6 is 0 Å². The zero-order valence-electron chi connectivity index (χ0n) is 16.9. The van der Waals surface area contributed by atoms with Gasteiger partial charge in [-0.05, 0) is 70.8 Å². The van der Waals surface area contributed by atoms with Crippen molar-refractivity contribution < 1.29 is 4.79 Å². The van der Waals surface area contributed by atoms with Crippen LogP contribution in [0.25, 0.3) is 5.69 Å². The number of carbonyl (C=O) groups is 1. The lowest BCUT2D eigenvalue weighted by molar-refractivity contribution is -0.122. The third-order valence-corrected chi connectivity index (χ3v) is 5.34. The Morgan fingerprint density at radius 3 is 2.44 bits per heavy atom. The van der Waals surface area contributed by atoms with E-state index in [9.17, 15) is 4.79 Å². The van der Waals surface area contributed by atoms with Gasteiger partial charge in [0.25, 0.3) is 5.91 Å². The molecule has 2 aromatic rings. The molecule has 0 radical (unpaired) electrons. The summed E-state index contributed by atoms with van der Waals surface area (Å²) in [6.07, 6.45) is 5.38. The van der Waals surface area contributed by atoms with Crippen LogP contribution in [-0.2, 0) is 4.79 Å². The molecule has 1 aromatic heterocycles. The lowest BCUT2D eigenvalue weighted by Gasteiger charge is -2.25. The average Bonchev–Trinajstić information content (AvgIpc) is 2.90. The summed E-state index contributed by atoms with van der Waals surface area (Å²) in [7, 11) is 0. The highest BCUT2D eigenvalue weighted by Gasteiger charge is 2.14. The highest BCUT2D eigenvalue weighted by molar-refractivity contribution is 5.84. The molecule has 5 nitrogen and oxygen atoms in total. The number of carbonyl (C=O) groups excluding carboxylic acids is 1. The van der Waals surface area contributed by atoms with Crippen LogP contribution in [0.1, 0.15) is 47.3 Å². The highest BCUT2D eigenvalue weighted by Crippen LogP contribution is 2.25. The first-order valence-electron chi connectivity index (χ1n) is 9.77. The predicted molar refractivity (Wildman–Crippen MR) is 111 cm³/mol. The number of amides is 1. The van der Waals surface area contributed by atoms with E-state index in [0.29, 0.717) is 6.54 Å². The van der Waals surface area contributed by atoms with Crippen LogP contribution in [0.5, 0.6) is 0 Å². The minimum absolute atomic E-state index is 0.0447. The number of hydrogen-bond acceptors (Lipinski definition) is 3. The second-order valence-corrected chi connectivity index (χ2v) is 7.53. The Balaban J connectivity index is 1.71. The number of aromatic nitrogens is 1. The highest BCUT2D eigenvalue weighted by atomic mass is 16.2. The van der Waals surface area contributed by atoms with Crippen LogP contribution in [0.3, 0.4) is 0 Å². The van der Waals surface area contributed by atoms with E-state index in [1.807, 2.05) is 0 Å². The molecule has 1 aliphatic rings. The summed E-state index contributed by atoms with van der Waals surface area (Å²) in [4.78, 5) is 14.3. The zero-order chi connectivity index (χ0) is 19.4. The van der Waals surface area contributed by atoms with Crippen molar-refractivity contribution in [2.45, 2.75) is 47.0 Å². The van der Waals surface area contributed by atoms with E-state index in [4.69, 9.17) is 0 Å². The number of nitrogens with zero attached hydrogens (tertiary/aromatic N) is 3. The number of benzene rings is 1. The first kappa shape index (κ1) is 19.4. The predicted octanol–water partition coefficient (Wildman–Crippen LogP) is 3.65. The molecule has 2 heterocycles. The third kappa shape index (κ3) is 4.48. The molecule has 3 rings (SSSR count).